The molecular formula is C33H46O10. The van der Waals surface area contributed by atoms with E-state index in [1.165, 1.54) is 0 Å². The number of rotatable bonds is 7. The summed E-state index contributed by atoms with van der Waals surface area (Å²) in [6.07, 6.45) is 9.48. The van der Waals surface area contributed by atoms with Gasteiger partial charge in [-0.2, -0.15) is 0 Å². The van der Waals surface area contributed by atoms with Crippen LogP contribution < -0.4 is 0 Å². The van der Waals surface area contributed by atoms with Crippen molar-refractivity contribution in [2.24, 2.45) is 40.4 Å². The fourth-order valence-corrected chi connectivity index (χ4v) is 12.1. The molecule has 0 radical (unpaired) electrons. The second-order valence-electron chi connectivity index (χ2n) is 16.5. The van der Waals surface area contributed by atoms with Crippen LogP contribution in [0.25, 0.3) is 0 Å². The lowest BCUT2D eigenvalue weighted by Gasteiger charge is -2.58. The van der Waals surface area contributed by atoms with Gasteiger partial charge in [-0.05, 0) is 114 Å². The zero-order chi connectivity index (χ0) is 29.8. The normalized spacial score (nSPS) is 52.5. The van der Waals surface area contributed by atoms with Gasteiger partial charge in [-0.25, -0.2) is 0 Å². The fraction of sp³-hybridized carbons (Fsp3) is 0.909. The number of carbonyl (C=O) groups is 3. The molecule has 1 saturated heterocycles. The molecule has 10 aliphatic rings. The van der Waals surface area contributed by atoms with Gasteiger partial charge in [0.05, 0.1) is 27.9 Å². The Hall–Kier alpha value is -1.75. The largest absolute Gasteiger partial charge is 0.481 e. The minimum absolute atomic E-state index is 0.0459. The molecule has 6 atom stereocenters. The molecule has 1 aliphatic heterocycles. The zero-order valence-corrected chi connectivity index (χ0v) is 25.0. The van der Waals surface area contributed by atoms with Crippen molar-refractivity contribution >= 4 is 17.9 Å². The Morgan fingerprint density at radius 1 is 0.651 bits per heavy atom. The van der Waals surface area contributed by atoms with Crippen LogP contribution in [0, 0.1) is 40.4 Å². The highest BCUT2D eigenvalue weighted by Crippen LogP contribution is 2.63. The predicted molar refractivity (Wildman–Crippen MR) is 148 cm³/mol. The van der Waals surface area contributed by atoms with Crippen LogP contribution in [0.1, 0.15) is 103 Å². The number of aliphatic carboxylic acids is 1. The SMILES string of the molecule is O=C(O)C1CCC2(CC1)OC(COC(=O)C13CC4CC(CC(O)(C4)C1)C3)C(COC(=O)C13CC4CC(CC(O)(C4)C1)C3)O2. The Morgan fingerprint density at radius 2 is 1.05 bits per heavy atom. The molecule has 238 valence electrons. The maximum absolute atomic E-state index is 13.6. The summed E-state index contributed by atoms with van der Waals surface area (Å²) in [6.45, 7) is -0.0918. The molecule has 43 heavy (non-hydrogen) atoms. The average molecular weight is 603 g/mol. The monoisotopic (exact) mass is 602 g/mol. The molecule has 1 heterocycles. The Balaban J connectivity index is 0.955. The standard InChI is InChI=1S/C33H46O10/c34-26(35)23-1-3-33(4-2-23)42-24(15-40-27(36)29-7-19-5-20(8-29)12-31(38,11-19)17-29)25(43-33)16-41-28(37)30-9-21-6-22(10-30)14-32(39,13-21)18-30/h19-25,38-39H,1-18H2,(H,34,35). The number of aliphatic hydroxyl groups is 2. The Morgan fingerprint density at radius 3 is 1.40 bits per heavy atom. The number of carboxylic acids is 1. The number of hydrogen-bond acceptors (Lipinski definition) is 9. The van der Waals surface area contributed by atoms with Gasteiger partial charge in [0.15, 0.2) is 5.79 Å². The second-order valence-corrected chi connectivity index (χ2v) is 16.5. The summed E-state index contributed by atoms with van der Waals surface area (Å²) in [4.78, 5) is 38.9. The lowest BCUT2D eigenvalue weighted by Crippen LogP contribution is -2.59. The highest BCUT2D eigenvalue weighted by Gasteiger charge is 2.63. The maximum Gasteiger partial charge on any atom is 0.312 e. The minimum Gasteiger partial charge on any atom is -0.481 e. The van der Waals surface area contributed by atoms with Crippen molar-refractivity contribution in [1.29, 1.82) is 0 Å². The first-order chi connectivity index (χ1) is 20.4. The van der Waals surface area contributed by atoms with E-state index in [9.17, 15) is 29.7 Å². The minimum atomic E-state index is -0.994. The van der Waals surface area contributed by atoms with Gasteiger partial charge in [0, 0.05) is 12.8 Å². The van der Waals surface area contributed by atoms with Gasteiger partial charge in [0.25, 0.3) is 0 Å². The van der Waals surface area contributed by atoms with Crippen LogP contribution in [-0.2, 0) is 33.3 Å². The van der Waals surface area contributed by atoms with Crippen LogP contribution in [0.3, 0.4) is 0 Å². The topological polar surface area (TPSA) is 149 Å². The van der Waals surface area contributed by atoms with Gasteiger partial charge < -0.3 is 34.3 Å². The first-order valence-corrected chi connectivity index (χ1v) is 16.8. The highest BCUT2D eigenvalue weighted by molar-refractivity contribution is 5.78. The number of ether oxygens (including phenoxy) is 4. The maximum atomic E-state index is 13.6. The molecule has 3 N–H and O–H groups in total. The van der Waals surface area contributed by atoms with Crippen molar-refractivity contribution in [2.45, 2.75) is 132 Å². The molecule has 1 spiro atoms. The van der Waals surface area contributed by atoms with Crippen molar-refractivity contribution in [3.8, 4) is 0 Å². The van der Waals surface area contributed by atoms with E-state index in [1.54, 1.807) is 0 Å². The lowest BCUT2D eigenvalue weighted by atomic mass is 9.48. The van der Waals surface area contributed by atoms with Crippen molar-refractivity contribution < 1.29 is 48.7 Å². The molecule has 10 fully saturated rings. The van der Waals surface area contributed by atoms with Crippen molar-refractivity contribution in [2.75, 3.05) is 13.2 Å². The number of hydrogen-bond donors (Lipinski definition) is 3. The van der Waals surface area contributed by atoms with E-state index in [1.807, 2.05) is 0 Å². The Labute approximate surface area is 252 Å². The third-order valence-electron chi connectivity index (χ3n) is 12.9. The second kappa shape index (κ2) is 9.63. The summed E-state index contributed by atoms with van der Waals surface area (Å²) in [5.74, 6) is -1.41. The molecule has 0 aromatic heterocycles. The number of carbonyl (C=O) groups excluding carboxylic acids is 2. The van der Waals surface area contributed by atoms with E-state index in [0.717, 1.165) is 64.2 Å². The zero-order valence-electron chi connectivity index (χ0n) is 25.0. The summed E-state index contributed by atoms with van der Waals surface area (Å²) < 4.78 is 24.8. The molecule has 9 saturated carbocycles. The van der Waals surface area contributed by atoms with Crippen molar-refractivity contribution in [3.05, 3.63) is 0 Å². The molecule has 10 rings (SSSR count). The van der Waals surface area contributed by atoms with Crippen molar-refractivity contribution in [1.82, 2.24) is 0 Å². The van der Waals surface area contributed by atoms with Crippen molar-refractivity contribution in [3.63, 3.8) is 0 Å². The third kappa shape index (κ3) is 4.84. The molecule has 10 heteroatoms. The van der Waals surface area contributed by atoms with Crippen LogP contribution in [0.15, 0.2) is 0 Å². The quantitative estimate of drug-likeness (QED) is 0.370. The molecule has 0 aromatic carbocycles. The van der Waals surface area contributed by atoms with Crippen LogP contribution in [0.2, 0.25) is 0 Å². The van der Waals surface area contributed by atoms with E-state index in [2.05, 4.69) is 0 Å². The summed E-state index contributed by atoms with van der Waals surface area (Å²) in [6, 6.07) is 0. The summed E-state index contributed by atoms with van der Waals surface area (Å²) in [5.41, 5.74) is -2.86. The number of carboxylic acid groups (broad SMARTS) is 1. The van der Waals surface area contributed by atoms with Crippen LogP contribution in [0.5, 0.6) is 0 Å². The molecule has 10 nitrogen and oxygen atoms in total. The first kappa shape index (κ1) is 28.7. The Kier molecular flexibility index (Phi) is 6.43. The number of esters is 2. The van der Waals surface area contributed by atoms with Crippen LogP contribution in [0.4, 0.5) is 0 Å². The van der Waals surface area contributed by atoms with Crippen LogP contribution >= 0.6 is 0 Å². The molecule has 9 aliphatic carbocycles. The van der Waals surface area contributed by atoms with E-state index in [4.69, 9.17) is 18.9 Å². The molecule has 6 unspecified atom stereocenters. The van der Waals surface area contributed by atoms with Gasteiger partial charge in [0.2, 0.25) is 0 Å². The van der Waals surface area contributed by atoms with Gasteiger partial charge in [-0.15, -0.1) is 0 Å². The van der Waals surface area contributed by atoms with E-state index in [-0.39, 0.29) is 25.2 Å². The van der Waals surface area contributed by atoms with Gasteiger partial charge >= 0.3 is 17.9 Å². The summed E-state index contributed by atoms with van der Waals surface area (Å²) in [5, 5.41) is 31.8. The third-order valence-corrected chi connectivity index (χ3v) is 12.9. The van der Waals surface area contributed by atoms with E-state index >= 15 is 0 Å². The van der Waals surface area contributed by atoms with E-state index < -0.39 is 51.9 Å². The van der Waals surface area contributed by atoms with E-state index in [0.29, 0.717) is 62.2 Å². The smallest absolute Gasteiger partial charge is 0.312 e. The van der Waals surface area contributed by atoms with Gasteiger partial charge in [-0.1, -0.05) is 0 Å². The molecule has 8 bridgehead atoms. The molecule has 0 aromatic rings. The average Bonchev–Trinajstić information content (AvgIpc) is 3.24. The fourth-order valence-electron chi connectivity index (χ4n) is 12.1. The predicted octanol–water partition coefficient (Wildman–Crippen LogP) is 3.49. The summed E-state index contributed by atoms with van der Waals surface area (Å²) >= 11 is 0. The van der Waals surface area contributed by atoms with Crippen LogP contribution in [-0.4, -0.2) is 75.6 Å². The lowest BCUT2D eigenvalue weighted by molar-refractivity contribution is -0.213. The first-order valence-electron chi connectivity index (χ1n) is 16.8. The molecular weight excluding hydrogens is 556 g/mol. The van der Waals surface area contributed by atoms with Gasteiger partial charge in [0.1, 0.15) is 25.4 Å². The van der Waals surface area contributed by atoms with Gasteiger partial charge in [-0.3, -0.25) is 14.4 Å². The Bertz CT molecular complexity index is 1080. The highest BCUT2D eigenvalue weighted by atomic mass is 16.8. The summed E-state index contributed by atoms with van der Waals surface area (Å²) in [7, 11) is 0. The molecule has 0 amide bonds.